The second-order valence-electron chi connectivity index (χ2n) is 3.79. The van der Waals surface area contributed by atoms with Crippen molar-refractivity contribution in [3.63, 3.8) is 0 Å². The van der Waals surface area contributed by atoms with E-state index in [0.717, 1.165) is 5.56 Å². The first kappa shape index (κ1) is 15.3. The van der Waals surface area contributed by atoms with Gasteiger partial charge in [-0.3, -0.25) is 0 Å². The van der Waals surface area contributed by atoms with Crippen molar-refractivity contribution in [2.24, 2.45) is 0 Å². The smallest absolute Gasteiger partial charge is 0.374 e. The zero-order valence-corrected chi connectivity index (χ0v) is 12.2. The fourth-order valence-electron chi connectivity index (χ4n) is 1.79. The second kappa shape index (κ2) is 7.63. The highest BCUT2D eigenvalue weighted by Crippen LogP contribution is 2.17. The summed E-state index contributed by atoms with van der Waals surface area (Å²) in [6.45, 7) is 7.41. The normalized spacial score (nSPS) is 11.8. The zero-order valence-electron chi connectivity index (χ0n) is 11.2. The summed E-state index contributed by atoms with van der Waals surface area (Å²) in [5, 5.41) is 0. The molecule has 1 aromatic carbocycles. The van der Waals surface area contributed by atoms with Crippen LogP contribution in [0.5, 0.6) is 0 Å². The first-order valence-electron chi connectivity index (χ1n) is 6.32. The Labute approximate surface area is 109 Å². The van der Waals surface area contributed by atoms with Crippen LogP contribution in [0.3, 0.4) is 0 Å². The van der Waals surface area contributed by atoms with Gasteiger partial charge in [-0.1, -0.05) is 12.1 Å². The van der Waals surface area contributed by atoms with Crippen molar-refractivity contribution in [2.45, 2.75) is 26.8 Å². The predicted molar refractivity (Wildman–Crippen MR) is 70.7 cm³/mol. The monoisotopic (exact) mass is 272 g/mol. The number of hydrogen-bond donors (Lipinski definition) is 0. The van der Waals surface area contributed by atoms with Gasteiger partial charge in [0.2, 0.25) is 0 Å². The van der Waals surface area contributed by atoms with Crippen LogP contribution >= 0.6 is 0 Å². The maximum absolute atomic E-state index is 12.9. The molecule has 1 aromatic rings. The number of rotatable bonds is 8. The van der Waals surface area contributed by atoms with Gasteiger partial charge in [-0.15, -0.1) is 0 Å². The van der Waals surface area contributed by atoms with Crippen molar-refractivity contribution in [3.05, 3.63) is 35.6 Å². The van der Waals surface area contributed by atoms with Crippen molar-refractivity contribution in [3.8, 4) is 0 Å². The Morgan fingerprint density at radius 2 is 1.33 bits per heavy atom. The lowest BCUT2D eigenvalue weighted by Gasteiger charge is -2.28. The van der Waals surface area contributed by atoms with E-state index < -0.39 is 8.80 Å². The van der Waals surface area contributed by atoms with Crippen molar-refractivity contribution >= 4 is 8.80 Å². The Morgan fingerprint density at radius 1 is 0.889 bits per heavy atom. The van der Waals surface area contributed by atoms with Gasteiger partial charge < -0.3 is 13.3 Å². The SMILES string of the molecule is CCO[Si](Cc1ccc(F)cc1)(OCC)OCC. The molecule has 0 radical (unpaired) electrons. The zero-order chi connectivity index (χ0) is 13.4. The molecule has 0 unspecified atom stereocenters. The summed E-state index contributed by atoms with van der Waals surface area (Å²) in [5.74, 6) is -0.241. The number of halogens is 1. The van der Waals surface area contributed by atoms with Crippen molar-refractivity contribution in [1.29, 1.82) is 0 Å². The molecular weight excluding hydrogens is 251 g/mol. The van der Waals surface area contributed by atoms with Crippen LogP contribution in [0.25, 0.3) is 0 Å². The van der Waals surface area contributed by atoms with E-state index >= 15 is 0 Å². The molecule has 102 valence electrons. The molecule has 0 heterocycles. The van der Waals surface area contributed by atoms with E-state index in [1.807, 2.05) is 20.8 Å². The van der Waals surface area contributed by atoms with E-state index in [1.54, 1.807) is 12.1 Å². The molecule has 5 heteroatoms. The average molecular weight is 272 g/mol. The maximum Gasteiger partial charge on any atom is 0.505 e. The molecule has 0 spiro atoms. The van der Waals surface area contributed by atoms with Crippen LogP contribution in [0.1, 0.15) is 26.3 Å². The third kappa shape index (κ3) is 4.49. The average Bonchev–Trinajstić information content (AvgIpc) is 2.33. The number of benzene rings is 1. The highest BCUT2D eigenvalue weighted by Gasteiger charge is 2.40. The van der Waals surface area contributed by atoms with E-state index in [2.05, 4.69) is 0 Å². The molecular formula is C13H21FO3Si. The molecule has 3 nitrogen and oxygen atoms in total. The summed E-state index contributed by atoms with van der Waals surface area (Å²) in [5.41, 5.74) is 0.971. The third-order valence-electron chi connectivity index (χ3n) is 2.43. The maximum atomic E-state index is 12.9. The molecule has 0 atom stereocenters. The van der Waals surface area contributed by atoms with Gasteiger partial charge in [0.25, 0.3) is 0 Å². The highest BCUT2D eigenvalue weighted by molar-refractivity contribution is 6.60. The van der Waals surface area contributed by atoms with Crippen LogP contribution in [0, 0.1) is 5.82 Å². The lowest BCUT2D eigenvalue weighted by Crippen LogP contribution is -2.48. The van der Waals surface area contributed by atoms with E-state index in [9.17, 15) is 4.39 Å². The van der Waals surface area contributed by atoms with Crippen LogP contribution in [-0.4, -0.2) is 28.6 Å². The minimum atomic E-state index is -2.68. The van der Waals surface area contributed by atoms with Crippen molar-refractivity contribution in [1.82, 2.24) is 0 Å². The van der Waals surface area contributed by atoms with Gasteiger partial charge in [0.15, 0.2) is 0 Å². The van der Waals surface area contributed by atoms with Crippen LogP contribution in [0.2, 0.25) is 0 Å². The first-order chi connectivity index (χ1) is 8.65. The quantitative estimate of drug-likeness (QED) is 0.681. The Morgan fingerprint density at radius 3 is 1.72 bits per heavy atom. The van der Waals surface area contributed by atoms with Gasteiger partial charge in [-0.25, -0.2) is 4.39 Å². The Balaban J connectivity index is 2.84. The predicted octanol–water partition coefficient (Wildman–Crippen LogP) is 2.96. The Kier molecular flexibility index (Phi) is 6.49. The molecule has 0 saturated carbocycles. The highest BCUT2D eigenvalue weighted by atomic mass is 28.4. The Bertz CT molecular complexity index is 326. The van der Waals surface area contributed by atoms with E-state index in [0.29, 0.717) is 25.9 Å². The van der Waals surface area contributed by atoms with Crippen LogP contribution in [-0.2, 0) is 19.3 Å². The lowest BCUT2D eigenvalue weighted by atomic mass is 10.2. The summed E-state index contributed by atoms with van der Waals surface area (Å²) in [6.07, 6.45) is 0. The molecule has 0 aliphatic heterocycles. The molecule has 0 amide bonds. The number of hydrogen-bond acceptors (Lipinski definition) is 3. The molecule has 0 N–H and O–H groups in total. The van der Waals surface area contributed by atoms with Gasteiger partial charge in [-0.2, -0.15) is 0 Å². The summed E-state index contributed by atoms with van der Waals surface area (Å²) in [6, 6.07) is 6.95. The second-order valence-corrected chi connectivity index (χ2v) is 6.37. The van der Waals surface area contributed by atoms with Crippen LogP contribution in [0.15, 0.2) is 24.3 Å². The molecule has 0 aliphatic carbocycles. The summed E-state index contributed by atoms with van der Waals surface area (Å²) in [4.78, 5) is 0. The van der Waals surface area contributed by atoms with Gasteiger partial charge >= 0.3 is 8.80 Å². The third-order valence-corrected chi connectivity index (χ3v) is 5.45. The molecule has 0 aliphatic rings. The minimum absolute atomic E-state index is 0.241. The standard InChI is InChI=1S/C13H21FO3Si/c1-4-15-18(16-5-2,17-6-3)11-12-7-9-13(14)10-8-12/h7-10H,4-6,11H2,1-3H3. The summed E-state index contributed by atoms with van der Waals surface area (Å²) < 4.78 is 30.1. The van der Waals surface area contributed by atoms with Crippen molar-refractivity contribution in [2.75, 3.05) is 19.8 Å². The van der Waals surface area contributed by atoms with Gasteiger partial charge in [0.05, 0.1) is 0 Å². The van der Waals surface area contributed by atoms with E-state index in [-0.39, 0.29) is 5.82 Å². The fraction of sp³-hybridized carbons (Fsp3) is 0.538. The Hall–Kier alpha value is -0.753. The van der Waals surface area contributed by atoms with Gasteiger partial charge in [0.1, 0.15) is 5.82 Å². The summed E-state index contributed by atoms with van der Waals surface area (Å²) >= 11 is 0. The molecule has 0 fully saturated rings. The molecule has 1 rings (SSSR count). The van der Waals surface area contributed by atoms with E-state index in [1.165, 1.54) is 12.1 Å². The molecule has 0 aromatic heterocycles. The van der Waals surface area contributed by atoms with Gasteiger partial charge in [-0.05, 0) is 38.5 Å². The summed E-state index contributed by atoms with van der Waals surface area (Å²) in [7, 11) is -2.68. The van der Waals surface area contributed by atoms with E-state index in [4.69, 9.17) is 13.3 Å². The van der Waals surface area contributed by atoms with Crippen LogP contribution in [0.4, 0.5) is 4.39 Å². The van der Waals surface area contributed by atoms with Gasteiger partial charge in [0, 0.05) is 25.9 Å². The topological polar surface area (TPSA) is 27.7 Å². The molecule has 18 heavy (non-hydrogen) atoms. The van der Waals surface area contributed by atoms with Crippen molar-refractivity contribution < 1.29 is 17.7 Å². The molecule has 0 saturated heterocycles. The molecule has 0 bridgehead atoms. The largest absolute Gasteiger partial charge is 0.505 e. The fourth-order valence-corrected chi connectivity index (χ4v) is 4.40. The lowest BCUT2D eigenvalue weighted by molar-refractivity contribution is 0.0704. The first-order valence-corrected chi connectivity index (χ1v) is 8.25. The minimum Gasteiger partial charge on any atom is -0.374 e. The van der Waals surface area contributed by atoms with Crippen LogP contribution < -0.4 is 0 Å².